The summed E-state index contributed by atoms with van der Waals surface area (Å²) in [6, 6.07) is 7.00. The summed E-state index contributed by atoms with van der Waals surface area (Å²) in [4.78, 5) is 13.2. The van der Waals surface area contributed by atoms with Crippen LogP contribution in [0.2, 0.25) is 5.02 Å². The molecule has 0 unspecified atom stereocenters. The number of nitrogens with zero attached hydrogens (tertiary/aromatic N) is 1. The van der Waals surface area contributed by atoms with Gasteiger partial charge in [-0.1, -0.05) is 23.7 Å². The summed E-state index contributed by atoms with van der Waals surface area (Å²) < 4.78 is 5.32. The zero-order valence-electron chi connectivity index (χ0n) is 9.52. The molecule has 0 atom stereocenters. The van der Waals surface area contributed by atoms with Crippen LogP contribution in [-0.2, 0) is 4.79 Å². The molecule has 2 rings (SSSR count). The van der Waals surface area contributed by atoms with Crippen molar-refractivity contribution in [3.63, 3.8) is 0 Å². The van der Waals surface area contributed by atoms with E-state index in [-0.39, 0.29) is 12.5 Å². The Balaban J connectivity index is 1.83. The zero-order chi connectivity index (χ0) is 12.5. The molecular formula is C12H14ClNO3. The number of rotatable bonds is 3. The first kappa shape index (κ1) is 12.2. The number of carbonyl (C=O) groups is 1. The Morgan fingerprint density at radius 2 is 2.18 bits per heavy atom. The SMILES string of the molecule is CC1(O)CN(C(=O)COc2ccccc2Cl)C1. The molecule has 1 fully saturated rings. The van der Waals surface area contributed by atoms with E-state index in [1.807, 2.05) is 0 Å². The first-order valence-corrected chi connectivity index (χ1v) is 5.73. The maximum atomic E-state index is 11.6. The van der Waals surface area contributed by atoms with Crippen LogP contribution in [0.4, 0.5) is 0 Å². The van der Waals surface area contributed by atoms with Gasteiger partial charge in [-0.2, -0.15) is 0 Å². The van der Waals surface area contributed by atoms with Crippen LogP contribution in [0.25, 0.3) is 0 Å². The molecule has 92 valence electrons. The van der Waals surface area contributed by atoms with Crippen LogP contribution in [0.1, 0.15) is 6.92 Å². The van der Waals surface area contributed by atoms with Gasteiger partial charge in [-0.05, 0) is 19.1 Å². The van der Waals surface area contributed by atoms with Crippen molar-refractivity contribution >= 4 is 17.5 Å². The lowest BCUT2D eigenvalue weighted by molar-refractivity contribution is -0.154. The highest BCUT2D eigenvalue weighted by Crippen LogP contribution is 2.24. The minimum atomic E-state index is -0.750. The number of para-hydroxylation sites is 1. The second-order valence-corrected chi connectivity index (χ2v) is 4.87. The predicted molar refractivity (Wildman–Crippen MR) is 64.2 cm³/mol. The Morgan fingerprint density at radius 3 is 2.76 bits per heavy atom. The fourth-order valence-electron chi connectivity index (χ4n) is 1.74. The van der Waals surface area contributed by atoms with E-state index in [0.717, 1.165) is 0 Å². The number of β-amino-alcohol motifs (C(OH)–C–C–N with tert-alkyl or cyclic N) is 1. The maximum absolute atomic E-state index is 11.6. The zero-order valence-corrected chi connectivity index (χ0v) is 10.3. The van der Waals surface area contributed by atoms with E-state index in [2.05, 4.69) is 0 Å². The van der Waals surface area contributed by atoms with Gasteiger partial charge in [-0.25, -0.2) is 0 Å². The summed E-state index contributed by atoms with van der Waals surface area (Å²) in [5, 5.41) is 9.99. The number of aliphatic hydroxyl groups is 1. The molecule has 1 amide bonds. The minimum absolute atomic E-state index is 0.0557. The molecule has 1 heterocycles. The Kier molecular flexibility index (Phi) is 3.26. The van der Waals surface area contributed by atoms with Crippen LogP contribution in [0, 0.1) is 0 Å². The fourth-order valence-corrected chi connectivity index (χ4v) is 1.94. The van der Waals surface area contributed by atoms with Gasteiger partial charge in [0.15, 0.2) is 6.61 Å². The molecule has 1 aromatic rings. The van der Waals surface area contributed by atoms with E-state index in [0.29, 0.717) is 23.9 Å². The van der Waals surface area contributed by atoms with Crippen molar-refractivity contribution in [2.75, 3.05) is 19.7 Å². The van der Waals surface area contributed by atoms with Crippen molar-refractivity contribution < 1.29 is 14.6 Å². The van der Waals surface area contributed by atoms with E-state index in [1.54, 1.807) is 36.1 Å². The van der Waals surface area contributed by atoms with Crippen LogP contribution in [-0.4, -0.2) is 41.2 Å². The van der Waals surface area contributed by atoms with Gasteiger partial charge in [0, 0.05) is 0 Å². The minimum Gasteiger partial charge on any atom is -0.482 e. The van der Waals surface area contributed by atoms with E-state index >= 15 is 0 Å². The molecule has 0 aliphatic carbocycles. The van der Waals surface area contributed by atoms with Crippen LogP contribution in [0.3, 0.4) is 0 Å². The molecule has 5 heteroatoms. The Labute approximate surface area is 105 Å². The van der Waals surface area contributed by atoms with Crippen LogP contribution in [0.15, 0.2) is 24.3 Å². The van der Waals surface area contributed by atoms with Gasteiger partial charge < -0.3 is 14.7 Å². The van der Waals surface area contributed by atoms with E-state index < -0.39 is 5.60 Å². The van der Waals surface area contributed by atoms with Crippen molar-refractivity contribution in [3.05, 3.63) is 29.3 Å². The molecule has 0 saturated carbocycles. The van der Waals surface area contributed by atoms with Crippen molar-refractivity contribution in [1.82, 2.24) is 4.90 Å². The summed E-state index contributed by atoms with van der Waals surface area (Å²) in [6.45, 7) is 2.36. The fraction of sp³-hybridized carbons (Fsp3) is 0.417. The first-order valence-electron chi connectivity index (χ1n) is 5.35. The summed E-state index contributed by atoms with van der Waals surface area (Å²) in [5.74, 6) is 0.353. The Morgan fingerprint density at radius 1 is 1.53 bits per heavy atom. The largest absolute Gasteiger partial charge is 0.482 e. The molecule has 0 spiro atoms. The molecule has 1 aromatic carbocycles. The lowest BCUT2D eigenvalue weighted by atomic mass is 9.97. The lowest BCUT2D eigenvalue weighted by Gasteiger charge is -2.43. The lowest BCUT2D eigenvalue weighted by Crippen LogP contribution is -2.62. The molecule has 1 N–H and O–H groups in total. The number of likely N-dealkylation sites (tertiary alicyclic amines) is 1. The van der Waals surface area contributed by atoms with E-state index in [4.69, 9.17) is 16.3 Å². The van der Waals surface area contributed by atoms with Gasteiger partial charge in [-0.15, -0.1) is 0 Å². The third-order valence-electron chi connectivity index (χ3n) is 2.60. The Bertz CT molecular complexity index is 426. The summed E-state index contributed by atoms with van der Waals surface area (Å²) in [5.41, 5.74) is -0.750. The molecule has 17 heavy (non-hydrogen) atoms. The third-order valence-corrected chi connectivity index (χ3v) is 2.92. The van der Waals surface area contributed by atoms with E-state index in [1.165, 1.54) is 0 Å². The van der Waals surface area contributed by atoms with Crippen molar-refractivity contribution in [1.29, 1.82) is 0 Å². The second-order valence-electron chi connectivity index (χ2n) is 4.47. The topological polar surface area (TPSA) is 49.8 Å². The van der Waals surface area contributed by atoms with Crippen molar-refractivity contribution in [2.24, 2.45) is 0 Å². The van der Waals surface area contributed by atoms with Crippen molar-refractivity contribution in [3.8, 4) is 5.75 Å². The monoisotopic (exact) mass is 255 g/mol. The van der Waals surface area contributed by atoms with Gasteiger partial charge in [0.05, 0.1) is 23.7 Å². The predicted octanol–water partition coefficient (Wildman–Crippen LogP) is 1.31. The summed E-state index contributed by atoms with van der Waals surface area (Å²) >= 11 is 5.89. The summed E-state index contributed by atoms with van der Waals surface area (Å²) in [7, 11) is 0. The van der Waals surface area contributed by atoms with Gasteiger partial charge >= 0.3 is 0 Å². The van der Waals surface area contributed by atoms with Crippen LogP contribution >= 0.6 is 11.6 Å². The highest BCUT2D eigenvalue weighted by Gasteiger charge is 2.39. The molecule has 1 aliphatic rings. The normalized spacial score (nSPS) is 17.5. The second kappa shape index (κ2) is 4.55. The smallest absolute Gasteiger partial charge is 0.260 e. The number of hydrogen-bond donors (Lipinski definition) is 1. The number of hydrogen-bond acceptors (Lipinski definition) is 3. The molecule has 0 bridgehead atoms. The molecule has 0 radical (unpaired) electrons. The summed E-state index contributed by atoms with van der Waals surface area (Å²) in [6.07, 6.45) is 0. The maximum Gasteiger partial charge on any atom is 0.260 e. The number of amides is 1. The molecule has 1 aliphatic heterocycles. The highest BCUT2D eigenvalue weighted by atomic mass is 35.5. The highest BCUT2D eigenvalue weighted by molar-refractivity contribution is 6.32. The van der Waals surface area contributed by atoms with Crippen LogP contribution < -0.4 is 4.74 Å². The molecule has 1 saturated heterocycles. The molecule has 4 nitrogen and oxygen atoms in total. The number of carbonyl (C=O) groups excluding carboxylic acids is 1. The average Bonchev–Trinajstić information content (AvgIpc) is 2.24. The van der Waals surface area contributed by atoms with E-state index in [9.17, 15) is 9.90 Å². The average molecular weight is 256 g/mol. The third kappa shape index (κ3) is 2.90. The standard InChI is InChI=1S/C12H14ClNO3/c1-12(16)7-14(8-12)11(15)6-17-10-5-3-2-4-9(10)13/h2-5,16H,6-8H2,1H3. The van der Waals surface area contributed by atoms with Gasteiger partial charge in [0.1, 0.15) is 5.75 Å². The van der Waals surface area contributed by atoms with Crippen LogP contribution in [0.5, 0.6) is 5.75 Å². The molecular weight excluding hydrogens is 242 g/mol. The Hall–Kier alpha value is -1.26. The molecule has 0 aromatic heterocycles. The quantitative estimate of drug-likeness (QED) is 0.886. The van der Waals surface area contributed by atoms with Gasteiger partial charge in [0.25, 0.3) is 5.91 Å². The number of ether oxygens (including phenoxy) is 1. The number of halogens is 1. The van der Waals surface area contributed by atoms with Crippen molar-refractivity contribution in [2.45, 2.75) is 12.5 Å². The van der Waals surface area contributed by atoms with Gasteiger partial charge in [-0.3, -0.25) is 4.79 Å². The first-order chi connectivity index (χ1) is 7.98. The van der Waals surface area contributed by atoms with Gasteiger partial charge in [0.2, 0.25) is 0 Å². The number of benzene rings is 1.